The molecule has 0 fully saturated rings. The Morgan fingerprint density at radius 3 is 2.40 bits per heavy atom. The van der Waals surface area contributed by atoms with E-state index in [1.807, 2.05) is 73.7 Å². The van der Waals surface area contributed by atoms with E-state index in [1.165, 1.54) is 11.8 Å². The molecule has 1 aromatic heterocycles. The number of hydrogen-bond donors (Lipinski definition) is 1. The van der Waals surface area contributed by atoms with Crippen molar-refractivity contribution in [2.24, 2.45) is 0 Å². The van der Waals surface area contributed by atoms with Gasteiger partial charge in [0, 0.05) is 24.0 Å². The van der Waals surface area contributed by atoms with Crippen molar-refractivity contribution in [3.8, 4) is 5.69 Å². The third kappa shape index (κ3) is 5.41. The Balaban J connectivity index is 1.56. The van der Waals surface area contributed by atoms with Gasteiger partial charge in [-0.25, -0.2) is 4.98 Å². The number of para-hydroxylation sites is 2. The molecule has 0 saturated heterocycles. The number of anilines is 2. The highest BCUT2D eigenvalue weighted by Gasteiger charge is 2.16. The van der Waals surface area contributed by atoms with Crippen LogP contribution in [0.1, 0.15) is 26.3 Å². The van der Waals surface area contributed by atoms with Crippen LogP contribution in [0.5, 0.6) is 0 Å². The fourth-order valence-corrected chi connectivity index (χ4v) is 4.95. The number of thioether (sulfide) groups is 1. The number of amides is 1. The highest BCUT2D eigenvalue weighted by Crippen LogP contribution is 2.24. The van der Waals surface area contributed by atoms with E-state index >= 15 is 0 Å². The highest BCUT2D eigenvalue weighted by molar-refractivity contribution is 7.99. The monoisotopic (exact) mass is 486 g/mol. The van der Waals surface area contributed by atoms with Crippen LogP contribution in [0.3, 0.4) is 0 Å². The van der Waals surface area contributed by atoms with E-state index < -0.39 is 0 Å². The van der Waals surface area contributed by atoms with Gasteiger partial charge in [-0.2, -0.15) is 0 Å². The summed E-state index contributed by atoms with van der Waals surface area (Å²) >= 11 is 1.25. The zero-order chi connectivity index (χ0) is 24.9. The van der Waals surface area contributed by atoms with E-state index in [0.29, 0.717) is 22.1 Å². The number of fused-ring (bicyclic) bond motifs is 1. The van der Waals surface area contributed by atoms with Crippen LogP contribution in [0.15, 0.2) is 82.7 Å². The minimum absolute atomic E-state index is 0.130. The lowest BCUT2D eigenvalue weighted by Crippen LogP contribution is -2.30. The van der Waals surface area contributed by atoms with Gasteiger partial charge >= 0.3 is 0 Å². The van der Waals surface area contributed by atoms with Gasteiger partial charge in [0.15, 0.2) is 5.16 Å². The number of carbonyl (C=O) groups excluding carboxylic acids is 1. The largest absolute Gasteiger partial charge is 0.369 e. The van der Waals surface area contributed by atoms with Crippen molar-refractivity contribution in [3.05, 3.63) is 88.7 Å². The summed E-state index contributed by atoms with van der Waals surface area (Å²) in [5.41, 5.74) is 4.06. The number of aryl methyl sites for hydroxylation is 1. The average Bonchev–Trinajstić information content (AvgIpc) is 2.85. The SMILES string of the molecule is CCN(c1ccc(NC(=O)CSc2nc3ccccc3c(=O)n2-c2ccccc2C)cc1)C(C)C. The van der Waals surface area contributed by atoms with Crippen LogP contribution in [0, 0.1) is 6.92 Å². The van der Waals surface area contributed by atoms with E-state index in [0.717, 1.165) is 29.2 Å². The maximum atomic E-state index is 13.4. The Kier molecular flexibility index (Phi) is 7.56. The van der Waals surface area contributed by atoms with Gasteiger partial charge in [-0.05, 0) is 75.7 Å². The Morgan fingerprint density at radius 1 is 1.03 bits per heavy atom. The topological polar surface area (TPSA) is 67.2 Å². The molecule has 0 aliphatic rings. The first kappa shape index (κ1) is 24.5. The standard InChI is InChI=1S/C28H30N4O2S/c1-5-31(19(2)3)22-16-14-21(15-17-22)29-26(33)18-35-28-30-24-12-8-7-11-23(24)27(34)32(28)25-13-9-6-10-20(25)4/h6-17,19H,5,18H2,1-4H3,(H,29,33). The summed E-state index contributed by atoms with van der Waals surface area (Å²) in [5, 5.41) is 3.99. The Labute approximate surface area is 210 Å². The molecular formula is C28H30N4O2S. The molecule has 0 radical (unpaired) electrons. The quantitative estimate of drug-likeness (QED) is 0.257. The average molecular weight is 487 g/mol. The molecule has 35 heavy (non-hydrogen) atoms. The van der Waals surface area contributed by atoms with E-state index in [2.05, 4.69) is 31.0 Å². The summed E-state index contributed by atoms with van der Waals surface area (Å²) in [4.78, 5) is 33.2. The molecule has 1 amide bonds. The minimum Gasteiger partial charge on any atom is -0.369 e. The van der Waals surface area contributed by atoms with E-state index in [-0.39, 0.29) is 17.2 Å². The van der Waals surface area contributed by atoms with Crippen molar-refractivity contribution >= 4 is 39.9 Å². The van der Waals surface area contributed by atoms with Gasteiger partial charge in [0.1, 0.15) is 0 Å². The fourth-order valence-electron chi connectivity index (χ4n) is 4.15. The molecule has 0 saturated carbocycles. The van der Waals surface area contributed by atoms with Crippen LogP contribution < -0.4 is 15.8 Å². The predicted molar refractivity (Wildman–Crippen MR) is 146 cm³/mol. The van der Waals surface area contributed by atoms with Crippen molar-refractivity contribution in [2.75, 3.05) is 22.5 Å². The maximum Gasteiger partial charge on any atom is 0.266 e. The summed E-state index contributed by atoms with van der Waals surface area (Å²) < 4.78 is 1.61. The van der Waals surface area contributed by atoms with E-state index in [9.17, 15) is 9.59 Å². The van der Waals surface area contributed by atoms with Crippen molar-refractivity contribution < 1.29 is 4.79 Å². The van der Waals surface area contributed by atoms with Gasteiger partial charge in [-0.1, -0.05) is 42.1 Å². The third-order valence-corrected chi connectivity index (χ3v) is 6.82. The number of nitrogens with zero attached hydrogens (tertiary/aromatic N) is 3. The molecule has 4 aromatic rings. The molecule has 0 atom stereocenters. The van der Waals surface area contributed by atoms with Crippen LogP contribution in [0.2, 0.25) is 0 Å². The zero-order valence-corrected chi connectivity index (χ0v) is 21.3. The van der Waals surface area contributed by atoms with Gasteiger partial charge in [-0.3, -0.25) is 14.2 Å². The lowest BCUT2D eigenvalue weighted by molar-refractivity contribution is -0.113. The molecule has 0 aliphatic carbocycles. The number of benzene rings is 3. The first-order chi connectivity index (χ1) is 16.9. The maximum absolute atomic E-state index is 13.4. The molecule has 1 heterocycles. The van der Waals surface area contributed by atoms with Crippen molar-refractivity contribution in [1.29, 1.82) is 0 Å². The lowest BCUT2D eigenvalue weighted by atomic mass is 10.2. The van der Waals surface area contributed by atoms with Crippen molar-refractivity contribution in [1.82, 2.24) is 9.55 Å². The van der Waals surface area contributed by atoms with Crippen molar-refractivity contribution in [2.45, 2.75) is 38.9 Å². The number of hydrogen-bond acceptors (Lipinski definition) is 5. The Bertz CT molecular complexity index is 1400. The summed E-state index contributed by atoms with van der Waals surface area (Å²) in [6, 6.07) is 23.3. The summed E-state index contributed by atoms with van der Waals surface area (Å²) in [7, 11) is 0. The molecule has 0 spiro atoms. The molecule has 7 heteroatoms. The first-order valence-electron chi connectivity index (χ1n) is 11.8. The smallest absolute Gasteiger partial charge is 0.266 e. The van der Waals surface area contributed by atoms with E-state index in [1.54, 1.807) is 10.6 Å². The third-order valence-electron chi connectivity index (χ3n) is 5.88. The molecule has 3 aromatic carbocycles. The van der Waals surface area contributed by atoms with Gasteiger partial charge < -0.3 is 10.2 Å². The number of aromatic nitrogens is 2. The van der Waals surface area contributed by atoms with Gasteiger partial charge in [0.2, 0.25) is 5.91 Å². The lowest BCUT2D eigenvalue weighted by Gasteiger charge is -2.27. The van der Waals surface area contributed by atoms with Crippen LogP contribution in [0.4, 0.5) is 11.4 Å². The highest BCUT2D eigenvalue weighted by atomic mass is 32.2. The van der Waals surface area contributed by atoms with Crippen LogP contribution >= 0.6 is 11.8 Å². The second-order valence-electron chi connectivity index (χ2n) is 8.60. The second-order valence-corrected chi connectivity index (χ2v) is 9.54. The molecule has 180 valence electrons. The van der Waals surface area contributed by atoms with Crippen LogP contribution in [-0.4, -0.2) is 33.8 Å². The minimum atomic E-state index is -0.155. The fraction of sp³-hybridized carbons (Fsp3) is 0.250. The second kappa shape index (κ2) is 10.8. The Morgan fingerprint density at radius 2 is 1.71 bits per heavy atom. The predicted octanol–water partition coefficient (Wildman–Crippen LogP) is 5.66. The molecule has 6 nitrogen and oxygen atoms in total. The van der Waals surface area contributed by atoms with Gasteiger partial charge in [0.05, 0.1) is 22.3 Å². The molecule has 0 aliphatic heterocycles. The molecule has 1 N–H and O–H groups in total. The van der Waals surface area contributed by atoms with Crippen LogP contribution in [0.25, 0.3) is 16.6 Å². The number of carbonyl (C=O) groups is 1. The summed E-state index contributed by atoms with van der Waals surface area (Å²) in [6.45, 7) is 9.33. The molecule has 0 unspecified atom stereocenters. The summed E-state index contributed by atoms with van der Waals surface area (Å²) in [6.07, 6.45) is 0. The molecular weight excluding hydrogens is 456 g/mol. The van der Waals surface area contributed by atoms with Gasteiger partial charge in [-0.15, -0.1) is 0 Å². The first-order valence-corrected chi connectivity index (χ1v) is 12.7. The molecule has 4 rings (SSSR count). The number of nitrogens with one attached hydrogen (secondary N) is 1. The normalized spacial score (nSPS) is 11.1. The summed E-state index contributed by atoms with van der Waals surface area (Å²) in [5.74, 6) is -0.0245. The number of rotatable bonds is 8. The van der Waals surface area contributed by atoms with E-state index in [4.69, 9.17) is 4.98 Å². The zero-order valence-electron chi connectivity index (χ0n) is 20.5. The van der Waals surface area contributed by atoms with Gasteiger partial charge in [0.25, 0.3) is 5.56 Å². The van der Waals surface area contributed by atoms with Crippen molar-refractivity contribution in [3.63, 3.8) is 0 Å². The Hall–Kier alpha value is -3.58. The molecule has 0 bridgehead atoms. The van der Waals surface area contributed by atoms with Crippen LogP contribution in [-0.2, 0) is 4.79 Å².